The van der Waals surface area contributed by atoms with Crippen molar-refractivity contribution in [2.75, 3.05) is 6.54 Å². The van der Waals surface area contributed by atoms with Gasteiger partial charge in [0, 0.05) is 18.6 Å². The fourth-order valence-corrected chi connectivity index (χ4v) is 1.25. The molecule has 3 heteroatoms. The molecule has 0 aliphatic carbocycles. The van der Waals surface area contributed by atoms with Crippen LogP contribution >= 0.6 is 0 Å². The molecule has 0 bridgehead atoms. The van der Waals surface area contributed by atoms with E-state index in [-0.39, 0.29) is 6.04 Å². The van der Waals surface area contributed by atoms with Gasteiger partial charge in [0.1, 0.15) is 0 Å². The number of hydrogen-bond donors (Lipinski definition) is 1. The second-order valence-corrected chi connectivity index (χ2v) is 2.65. The zero-order valence-corrected chi connectivity index (χ0v) is 5.58. The molecule has 0 saturated carbocycles. The third-order valence-corrected chi connectivity index (χ3v) is 1.79. The van der Waals surface area contributed by atoms with Gasteiger partial charge in [-0.05, 0) is 13.3 Å². The molecular weight excluding hydrogens is 116 g/mol. The smallest absolute Gasteiger partial charge is 0.209 e. The van der Waals surface area contributed by atoms with E-state index in [9.17, 15) is 4.79 Å². The number of carbonyl (C=O) groups excluding carboxylic acids is 1. The summed E-state index contributed by atoms with van der Waals surface area (Å²) in [7, 11) is 0. The van der Waals surface area contributed by atoms with Gasteiger partial charge < -0.3 is 10.6 Å². The first-order chi connectivity index (χ1) is 4.24. The number of carbonyl (C=O) groups is 1. The predicted molar refractivity (Wildman–Crippen MR) is 34.8 cm³/mol. The molecule has 1 rings (SSSR count). The van der Waals surface area contributed by atoms with E-state index in [1.807, 2.05) is 6.92 Å². The highest BCUT2D eigenvalue weighted by atomic mass is 16.1. The van der Waals surface area contributed by atoms with Crippen molar-refractivity contribution in [3.63, 3.8) is 0 Å². The molecule has 2 N–H and O–H groups in total. The van der Waals surface area contributed by atoms with Crippen LogP contribution in [0.15, 0.2) is 0 Å². The first kappa shape index (κ1) is 6.55. The summed E-state index contributed by atoms with van der Waals surface area (Å²) >= 11 is 0. The lowest BCUT2D eigenvalue weighted by atomic mass is 10.2. The normalized spacial score (nSPS) is 35.1. The Morgan fingerprint density at radius 2 is 2.44 bits per heavy atom. The zero-order valence-electron chi connectivity index (χ0n) is 5.58. The largest absolute Gasteiger partial charge is 0.341 e. The highest BCUT2D eigenvalue weighted by molar-refractivity contribution is 5.48. The molecule has 1 aliphatic heterocycles. The lowest BCUT2D eigenvalue weighted by Crippen LogP contribution is -2.27. The van der Waals surface area contributed by atoms with Gasteiger partial charge in [-0.1, -0.05) is 0 Å². The number of likely N-dealkylation sites (tertiary alicyclic amines) is 1. The van der Waals surface area contributed by atoms with Crippen molar-refractivity contribution in [2.45, 2.75) is 25.4 Å². The van der Waals surface area contributed by atoms with Crippen molar-refractivity contribution in [1.82, 2.24) is 4.90 Å². The van der Waals surface area contributed by atoms with E-state index in [1.165, 1.54) is 0 Å². The van der Waals surface area contributed by atoms with Gasteiger partial charge in [0.15, 0.2) is 0 Å². The molecule has 0 spiro atoms. The monoisotopic (exact) mass is 128 g/mol. The second kappa shape index (κ2) is 2.35. The molecule has 1 amide bonds. The van der Waals surface area contributed by atoms with E-state index in [2.05, 4.69) is 0 Å². The van der Waals surface area contributed by atoms with Crippen molar-refractivity contribution >= 4 is 6.41 Å². The molecule has 1 fully saturated rings. The maximum atomic E-state index is 10.2. The summed E-state index contributed by atoms with van der Waals surface area (Å²) in [5.41, 5.74) is 5.59. The zero-order chi connectivity index (χ0) is 6.85. The van der Waals surface area contributed by atoms with Crippen LogP contribution in [-0.2, 0) is 4.79 Å². The Labute approximate surface area is 54.8 Å². The van der Waals surface area contributed by atoms with Crippen LogP contribution in [0.2, 0.25) is 0 Å². The van der Waals surface area contributed by atoms with Crippen molar-refractivity contribution in [3.8, 4) is 0 Å². The summed E-state index contributed by atoms with van der Waals surface area (Å²) in [6.07, 6.45) is 1.82. The van der Waals surface area contributed by atoms with Crippen molar-refractivity contribution in [1.29, 1.82) is 0 Å². The Balaban J connectivity index is 2.47. The summed E-state index contributed by atoms with van der Waals surface area (Å²) < 4.78 is 0. The number of rotatable bonds is 1. The molecule has 52 valence electrons. The quantitative estimate of drug-likeness (QED) is 0.487. The van der Waals surface area contributed by atoms with Gasteiger partial charge in [-0.25, -0.2) is 0 Å². The maximum absolute atomic E-state index is 10.2. The van der Waals surface area contributed by atoms with Crippen LogP contribution in [0.1, 0.15) is 13.3 Å². The molecule has 0 radical (unpaired) electrons. The topological polar surface area (TPSA) is 46.3 Å². The molecule has 0 aromatic rings. The fourth-order valence-electron chi connectivity index (χ4n) is 1.25. The van der Waals surface area contributed by atoms with Gasteiger partial charge in [-0.2, -0.15) is 0 Å². The fraction of sp³-hybridized carbons (Fsp3) is 0.833. The minimum Gasteiger partial charge on any atom is -0.341 e. The Morgan fingerprint density at radius 1 is 1.78 bits per heavy atom. The first-order valence-corrected chi connectivity index (χ1v) is 3.20. The summed E-state index contributed by atoms with van der Waals surface area (Å²) in [5, 5.41) is 0. The molecule has 0 aromatic carbocycles. The molecule has 2 atom stereocenters. The number of nitrogens with two attached hydrogens (primary N) is 1. The average molecular weight is 128 g/mol. The minimum absolute atomic E-state index is 0.199. The Kier molecular flexibility index (Phi) is 1.71. The van der Waals surface area contributed by atoms with Crippen LogP contribution in [-0.4, -0.2) is 29.9 Å². The van der Waals surface area contributed by atoms with Crippen molar-refractivity contribution < 1.29 is 4.79 Å². The van der Waals surface area contributed by atoms with Gasteiger partial charge in [0.25, 0.3) is 0 Å². The summed E-state index contributed by atoms with van der Waals surface area (Å²) in [4.78, 5) is 12.0. The average Bonchev–Trinajstić information content (AvgIpc) is 2.10. The SMILES string of the molecule is CC1CC(N)CN1C=O. The minimum atomic E-state index is 0.199. The third kappa shape index (κ3) is 1.21. The number of amides is 1. The summed E-state index contributed by atoms with van der Waals surface area (Å²) in [6, 6.07) is 0.544. The molecule has 1 aliphatic rings. The Morgan fingerprint density at radius 3 is 2.67 bits per heavy atom. The van der Waals surface area contributed by atoms with Crippen molar-refractivity contribution in [2.24, 2.45) is 5.73 Å². The van der Waals surface area contributed by atoms with Crippen LogP contribution in [0.5, 0.6) is 0 Å². The van der Waals surface area contributed by atoms with Crippen LogP contribution in [0.4, 0.5) is 0 Å². The Bertz CT molecular complexity index is 116. The third-order valence-electron chi connectivity index (χ3n) is 1.79. The van der Waals surface area contributed by atoms with Gasteiger partial charge >= 0.3 is 0 Å². The molecule has 9 heavy (non-hydrogen) atoms. The second-order valence-electron chi connectivity index (χ2n) is 2.65. The first-order valence-electron chi connectivity index (χ1n) is 3.20. The van der Waals surface area contributed by atoms with Gasteiger partial charge in [-0.15, -0.1) is 0 Å². The van der Waals surface area contributed by atoms with E-state index in [0.717, 1.165) is 19.4 Å². The van der Waals surface area contributed by atoms with E-state index in [0.29, 0.717) is 6.04 Å². The van der Waals surface area contributed by atoms with E-state index < -0.39 is 0 Å². The van der Waals surface area contributed by atoms with E-state index in [1.54, 1.807) is 4.90 Å². The van der Waals surface area contributed by atoms with Crippen LogP contribution in [0.3, 0.4) is 0 Å². The lowest BCUT2D eigenvalue weighted by Gasteiger charge is -2.13. The summed E-state index contributed by atoms with van der Waals surface area (Å²) in [5.74, 6) is 0. The molecule has 3 nitrogen and oxygen atoms in total. The lowest BCUT2D eigenvalue weighted by molar-refractivity contribution is -0.118. The highest BCUT2D eigenvalue weighted by Gasteiger charge is 2.24. The number of nitrogens with zero attached hydrogens (tertiary/aromatic N) is 1. The van der Waals surface area contributed by atoms with Gasteiger partial charge in [0.05, 0.1) is 0 Å². The van der Waals surface area contributed by atoms with Crippen molar-refractivity contribution in [3.05, 3.63) is 0 Å². The molecule has 2 unspecified atom stereocenters. The van der Waals surface area contributed by atoms with Gasteiger partial charge in [-0.3, -0.25) is 4.79 Å². The summed E-state index contributed by atoms with van der Waals surface area (Å²) in [6.45, 7) is 2.74. The maximum Gasteiger partial charge on any atom is 0.209 e. The molecule has 1 heterocycles. The molecular formula is C6H12N2O. The predicted octanol–water partition coefficient (Wildman–Crippen LogP) is -0.436. The molecule has 0 aromatic heterocycles. The highest BCUT2D eigenvalue weighted by Crippen LogP contribution is 2.12. The van der Waals surface area contributed by atoms with Gasteiger partial charge in [0.2, 0.25) is 6.41 Å². The van der Waals surface area contributed by atoms with Crippen LogP contribution in [0, 0.1) is 0 Å². The van der Waals surface area contributed by atoms with Crippen LogP contribution in [0.25, 0.3) is 0 Å². The van der Waals surface area contributed by atoms with E-state index in [4.69, 9.17) is 5.73 Å². The Hall–Kier alpha value is -0.570. The van der Waals surface area contributed by atoms with Crippen LogP contribution < -0.4 is 5.73 Å². The number of hydrogen-bond acceptors (Lipinski definition) is 2. The van der Waals surface area contributed by atoms with E-state index >= 15 is 0 Å². The standard InChI is InChI=1S/C6H12N2O/c1-5-2-6(7)3-8(5)4-9/h4-6H,2-3,7H2,1H3. The molecule has 1 saturated heterocycles.